The second-order valence-corrected chi connectivity index (χ2v) is 8.85. The molecular formula is C24H26N10O2. The molecular weight excluding hydrogens is 460 g/mol. The summed E-state index contributed by atoms with van der Waals surface area (Å²) in [7, 11) is 0. The van der Waals surface area contributed by atoms with Crippen LogP contribution in [0.5, 0.6) is 0 Å². The maximum absolute atomic E-state index is 13.6. The lowest BCUT2D eigenvalue weighted by Gasteiger charge is -2.41. The maximum atomic E-state index is 13.6. The summed E-state index contributed by atoms with van der Waals surface area (Å²) in [6.45, 7) is 3.45. The molecule has 4 aromatic rings. The van der Waals surface area contributed by atoms with Gasteiger partial charge in [-0.25, -0.2) is 19.6 Å². The van der Waals surface area contributed by atoms with E-state index in [0.29, 0.717) is 43.5 Å². The largest absolute Gasteiger partial charge is 0.463 e. The quantitative estimate of drug-likeness (QED) is 0.413. The fourth-order valence-electron chi connectivity index (χ4n) is 4.83. The number of furan rings is 1. The molecule has 1 atom stereocenters. The Balaban J connectivity index is 1.12. The molecule has 2 aliphatic rings. The van der Waals surface area contributed by atoms with E-state index in [-0.39, 0.29) is 11.9 Å². The molecule has 2 saturated heterocycles. The van der Waals surface area contributed by atoms with Crippen LogP contribution in [-0.4, -0.2) is 84.5 Å². The molecule has 0 saturated carbocycles. The normalized spacial score (nSPS) is 18.4. The van der Waals surface area contributed by atoms with Crippen LogP contribution in [0.15, 0.2) is 60.0 Å². The van der Waals surface area contributed by atoms with Crippen LogP contribution in [0.4, 0.5) is 11.6 Å². The zero-order valence-electron chi connectivity index (χ0n) is 19.7. The van der Waals surface area contributed by atoms with E-state index in [1.165, 1.54) is 12.7 Å². The van der Waals surface area contributed by atoms with E-state index >= 15 is 0 Å². The van der Waals surface area contributed by atoms with Gasteiger partial charge in [-0.05, 0) is 43.5 Å². The van der Waals surface area contributed by atoms with Gasteiger partial charge < -0.3 is 19.1 Å². The molecule has 0 N–H and O–H groups in total. The van der Waals surface area contributed by atoms with Crippen LogP contribution in [-0.2, 0) is 4.79 Å². The molecule has 4 aromatic heterocycles. The van der Waals surface area contributed by atoms with Gasteiger partial charge in [0.05, 0.1) is 6.26 Å². The van der Waals surface area contributed by atoms with Crippen LogP contribution in [0.25, 0.3) is 17.3 Å². The third kappa shape index (κ3) is 4.37. The van der Waals surface area contributed by atoms with Gasteiger partial charge in [0.2, 0.25) is 5.91 Å². The summed E-state index contributed by atoms with van der Waals surface area (Å²) in [4.78, 5) is 32.5. The number of carbonyl (C=O) groups is 1. The van der Waals surface area contributed by atoms with Crippen molar-refractivity contribution in [3.8, 4) is 17.3 Å². The molecule has 1 amide bonds. The van der Waals surface area contributed by atoms with Crippen molar-refractivity contribution in [1.82, 2.24) is 39.8 Å². The summed E-state index contributed by atoms with van der Waals surface area (Å²) in [6, 6.07) is 9.16. The average molecular weight is 487 g/mol. The fourth-order valence-corrected chi connectivity index (χ4v) is 4.83. The highest BCUT2D eigenvalue weighted by atomic mass is 16.3. The Labute approximate surface area is 207 Å². The second kappa shape index (κ2) is 9.72. The number of nitrogens with zero attached hydrogens (tertiary/aromatic N) is 10. The molecule has 184 valence electrons. The molecule has 12 nitrogen and oxygen atoms in total. The Bertz CT molecular complexity index is 1280. The number of aromatic nitrogens is 7. The van der Waals surface area contributed by atoms with Gasteiger partial charge in [-0.15, -0.1) is 10.2 Å². The Hall–Kier alpha value is -4.35. The van der Waals surface area contributed by atoms with Gasteiger partial charge in [-0.2, -0.15) is 5.10 Å². The highest BCUT2D eigenvalue weighted by Gasteiger charge is 2.34. The van der Waals surface area contributed by atoms with E-state index in [1.54, 1.807) is 17.3 Å². The van der Waals surface area contributed by atoms with E-state index in [9.17, 15) is 4.79 Å². The third-order valence-electron chi connectivity index (χ3n) is 6.71. The Morgan fingerprint density at radius 3 is 2.56 bits per heavy atom. The minimum Gasteiger partial charge on any atom is -0.463 e. The smallest absolute Gasteiger partial charge is 0.245 e. The van der Waals surface area contributed by atoms with Gasteiger partial charge >= 0.3 is 0 Å². The highest BCUT2D eigenvalue weighted by molar-refractivity contribution is 5.85. The molecule has 0 aliphatic carbocycles. The van der Waals surface area contributed by atoms with Gasteiger partial charge in [0.25, 0.3) is 0 Å². The predicted molar refractivity (Wildman–Crippen MR) is 130 cm³/mol. The molecule has 6 rings (SSSR count). The number of carbonyl (C=O) groups excluding carboxylic acids is 1. The van der Waals surface area contributed by atoms with E-state index in [1.807, 2.05) is 35.2 Å². The van der Waals surface area contributed by atoms with Gasteiger partial charge in [0, 0.05) is 38.8 Å². The van der Waals surface area contributed by atoms with Crippen LogP contribution in [0.3, 0.4) is 0 Å². The first-order valence-corrected chi connectivity index (χ1v) is 12.1. The van der Waals surface area contributed by atoms with Crippen molar-refractivity contribution >= 4 is 17.5 Å². The number of anilines is 2. The minimum atomic E-state index is -0.230. The van der Waals surface area contributed by atoms with Crippen LogP contribution in [0.2, 0.25) is 0 Å². The summed E-state index contributed by atoms with van der Waals surface area (Å²) in [6.07, 6.45) is 9.09. The van der Waals surface area contributed by atoms with Crippen molar-refractivity contribution in [2.75, 3.05) is 42.5 Å². The molecule has 0 spiro atoms. The first-order chi connectivity index (χ1) is 17.8. The molecule has 2 fully saturated rings. The molecule has 0 aromatic carbocycles. The number of amides is 1. The first-order valence-electron chi connectivity index (χ1n) is 12.1. The summed E-state index contributed by atoms with van der Waals surface area (Å²) in [5, 5.41) is 12.9. The highest BCUT2D eigenvalue weighted by Crippen LogP contribution is 2.26. The van der Waals surface area contributed by atoms with Crippen molar-refractivity contribution < 1.29 is 9.21 Å². The van der Waals surface area contributed by atoms with Gasteiger partial charge in [0.1, 0.15) is 36.5 Å². The summed E-state index contributed by atoms with van der Waals surface area (Å²) < 4.78 is 7.02. The van der Waals surface area contributed by atoms with Crippen LogP contribution in [0.1, 0.15) is 19.3 Å². The maximum Gasteiger partial charge on any atom is 0.245 e. The zero-order valence-corrected chi connectivity index (χ0v) is 19.7. The van der Waals surface area contributed by atoms with Gasteiger partial charge in [-0.3, -0.25) is 4.79 Å². The summed E-state index contributed by atoms with van der Waals surface area (Å²) in [5.74, 6) is 3.03. The monoisotopic (exact) mass is 486 g/mol. The van der Waals surface area contributed by atoms with Crippen molar-refractivity contribution in [2.45, 2.75) is 25.3 Å². The SMILES string of the molecule is O=C(C1CCCCN1c1ccc(-c2ccco2)nn1)N1CCN(c2cc(-n3cncn3)ncn2)CC1. The van der Waals surface area contributed by atoms with Crippen molar-refractivity contribution in [1.29, 1.82) is 0 Å². The molecule has 36 heavy (non-hydrogen) atoms. The minimum absolute atomic E-state index is 0.150. The van der Waals surface area contributed by atoms with E-state index < -0.39 is 0 Å². The van der Waals surface area contributed by atoms with Crippen LogP contribution < -0.4 is 9.80 Å². The molecule has 0 radical (unpaired) electrons. The van der Waals surface area contributed by atoms with Crippen LogP contribution >= 0.6 is 0 Å². The van der Waals surface area contributed by atoms with Crippen molar-refractivity contribution in [3.05, 3.63) is 55.6 Å². The molecule has 6 heterocycles. The molecule has 12 heteroatoms. The fraction of sp³-hybridized carbons (Fsp3) is 0.375. The predicted octanol–water partition coefficient (Wildman–Crippen LogP) is 1.81. The lowest BCUT2D eigenvalue weighted by atomic mass is 10.0. The Morgan fingerprint density at radius 1 is 0.917 bits per heavy atom. The van der Waals surface area contributed by atoms with Crippen LogP contribution in [0, 0.1) is 0 Å². The standard InChI is InChI=1S/C24H26N10O2/c35-24(19-4-1-2-8-33(19)21-7-6-18(29-30-21)20-5-3-13-36-20)32-11-9-31(10-12-32)22-14-23(27-16-26-22)34-17-25-15-28-34/h3,5-7,13-17,19H,1-2,4,8-12H2. The number of piperazine rings is 1. The Morgan fingerprint density at radius 2 is 1.81 bits per heavy atom. The third-order valence-corrected chi connectivity index (χ3v) is 6.71. The second-order valence-electron chi connectivity index (χ2n) is 8.85. The zero-order chi connectivity index (χ0) is 24.3. The molecule has 2 aliphatic heterocycles. The Kier molecular flexibility index (Phi) is 5.98. The van der Waals surface area contributed by atoms with E-state index in [4.69, 9.17) is 4.42 Å². The molecule has 0 bridgehead atoms. The van der Waals surface area contributed by atoms with Crippen molar-refractivity contribution in [2.24, 2.45) is 0 Å². The molecule has 1 unspecified atom stereocenters. The van der Waals surface area contributed by atoms with Gasteiger partial charge in [-0.1, -0.05) is 0 Å². The van der Waals surface area contributed by atoms with E-state index in [0.717, 1.165) is 37.4 Å². The lowest BCUT2D eigenvalue weighted by molar-refractivity contribution is -0.133. The number of hydrogen-bond acceptors (Lipinski definition) is 10. The first kappa shape index (κ1) is 22.1. The topological polar surface area (TPSA) is 122 Å². The summed E-state index contributed by atoms with van der Waals surface area (Å²) in [5.41, 5.74) is 0.677. The van der Waals surface area contributed by atoms with E-state index in [2.05, 4.69) is 40.0 Å². The van der Waals surface area contributed by atoms with Crippen molar-refractivity contribution in [3.63, 3.8) is 0 Å². The average Bonchev–Trinajstić information content (AvgIpc) is 3.68. The number of piperidine rings is 1. The van der Waals surface area contributed by atoms with Gasteiger partial charge in [0.15, 0.2) is 17.4 Å². The lowest BCUT2D eigenvalue weighted by Crippen LogP contribution is -2.56. The number of hydrogen-bond donors (Lipinski definition) is 0. The summed E-state index contributed by atoms with van der Waals surface area (Å²) >= 11 is 0. The number of rotatable bonds is 5.